The number of benzene rings is 1. The summed E-state index contributed by atoms with van der Waals surface area (Å²) < 4.78 is 26.7. The molecule has 0 radical (unpaired) electrons. The van der Waals surface area contributed by atoms with Crippen LogP contribution >= 0.6 is 11.6 Å². The molecule has 0 bridgehead atoms. The molecule has 3 N–H and O–H groups in total. The van der Waals surface area contributed by atoms with Crippen molar-refractivity contribution < 1.29 is 22.9 Å². The number of hydrogen-bond acceptors (Lipinski definition) is 4. The van der Waals surface area contributed by atoms with E-state index in [9.17, 15) is 18.0 Å². The molecule has 1 fully saturated rings. The maximum atomic E-state index is 12.6. The maximum Gasteiger partial charge on any atom is 0.275 e. The molecule has 1 heterocycles. The molecule has 1 saturated heterocycles. The fourth-order valence-electron chi connectivity index (χ4n) is 2.82. The highest BCUT2D eigenvalue weighted by atomic mass is 35.5. The standard InChI is InChI=1S/C17H25ClN4O4S/c1-13(2)20-16(23)11-19-17(24)12-21-7-9-22(10-8-21)27(25,26)15-5-3-14(18)4-6-15/h3-6,13H,7-12H2,1-2H3,(H,19,24)(H,20,23)/p+1. The molecule has 2 amide bonds. The lowest BCUT2D eigenvalue weighted by Crippen LogP contribution is -3.15. The summed E-state index contributed by atoms with van der Waals surface area (Å²) in [7, 11) is -3.56. The van der Waals surface area contributed by atoms with Crippen molar-refractivity contribution in [1.82, 2.24) is 14.9 Å². The fourth-order valence-corrected chi connectivity index (χ4v) is 4.38. The second-order valence-corrected chi connectivity index (χ2v) is 9.16. The molecule has 2 rings (SSSR count). The lowest BCUT2D eigenvalue weighted by Gasteiger charge is -2.31. The van der Waals surface area contributed by atoms with Gasteiger partial charge >= 0.3 is 0 Å². The SMILES string of the molecule is CC(C)NC(=O)CNC(=O)C[NH+]1CCN(S(=O)(=O)c2ccc(Cl)cc2)CC1. The van der Waals surface area contributed by atoms with E-state index in [0.717, 1.165) is 4.90 Å². The molecule has 150 valence electrons. The third kappa shape index (κ3) is 6.46. The molecular weight excluding hydrogens is 392 g/mol. The van der Waals surface area contributed by atoms with E-state index in [4.69, 9.17) is 11.6 Å². The van der Waals surface area contributed by atoms with Gasteiger partial charge in [0.15, 0.2) is 6.54 Å². The highest BCUT2D eigenvalue weighted by Crippen LogP contribution is 2.18. The van der Waals surface area contributed by atoms with Gasteiger partial charge in [-0.3, -0.25) is 9.59 Å². The number of hydrogen-bond donors (Lipinski definition) is 3. The highest BCUT2D eigenvalue weighted by molar-refractivity contribution is 7.89. The largest absolute Gasteiger partial charge is 0.352 e. The van der Waals surface area contributed by atoms with Gasteiger partial charge in [-0.25, -0.2) is 8.42 Å². The predicted octanol–water partition coefficient (Wildman–Crippen LogP) is -1.13. The Kier molecular flexibility index (Phi) is 7.60. The first-order valence-electron chi connectivity index (χ1n) is 8.84. The van der Waals surface area contributed by atoms with Gasteiger partial charge in [0.05, 0.1) is 37.6 Å². The summed E-state index contributed by atoms with van der Waals surface area (Å²) in [5.74, 6) is -0.454. The Labute approximate surface area is 164 Å². The van der Waals surface area contributed by atoms with Gasteiger partial charge < -0.3 is 15.5 Å². The highest BCUT2D eigenvalue weighted by Gasteiger charge is 2.31. The summed E-state index contributed by atoms with van der Waals surface area (Å²) in [5, 5.41) is 5.78. The number of halogens is 1. The summed E-state index contributed by atoms with van der Waals surface area (Å²) in [5.41, 5.74) is 0. The van der Waals surface area contributed by atoms with Gasteiger partial charge in [-0.2, -0.15) is 4.31 Å². The van der Waals surface area contributed by atoms with Crippen LogP contribution in [0, 0.1) is 0 Å². The topological polar surface area (TPSA) is 100 Å². The van der Waals surface area contributed by atoms with E-state index < -0.39 is 10.0 Å². The van der Waals surface area contributed by atoms with Crippen LogP contribution in [0.1, 0.15) is 13.8 Å². The second-order valence-electron chi connectivity index (χ2n) is 6.78. The molecule has 27 heavy (non-hydrogen) atoms. The predicted molar refractivity (Wildman–Crippen MR) is 102 cm³/mol. The van der Waals surface area contributed by atoms with E-state index in [0.29, 0.717) is 31.2 Å². The Morgan fingerprint density at radius 2 is 1.74 bits per heavy atom. The first-order chi connectivity index (χ1) is 12.7. The molecule has 0 unspecified atom stereocenters. The van der Waals surface area contributed by atoms with Crippen LogP contribution in [-0.4, -0.2) is 69.8 Å². The number of carbonyl (C=O) groups excluding carboxylic acids is 2. The van der Waals surface area contributed by atoms with Crippen molar-refractivity contribution in [3.63, 3.8) is 0 Å². The minimum atomic E-state index is -3.56. The van der Waals surface area contributed by atoms with Gasteiger partial charge in [0.1, 0.15) is 0 Å². The summed E-state index contributed by atoms with van der Waals surface area (Å²) in [6, 6.07) is 6.11. The van der Waals surface area contributed by atoms with Crippen molar-refractivity contribution in [1.29, 1.82) is 0 Å². The number of sulfonamides is 1. The minimum Gasteiger partial charge on any atom is -0.352 e. The van der Waals surface area contributed by atoms with E-state index in [1.165, 1.54) is 16.4 Å². The number of carbonyl (C=O) groups is 2. The molecule has 1 aliphatic heterocycles. The Morgan fingerprint density at radius 1 is 1.15 bits per heavy atom. The minimum absolute atomic E-state index is 0.0238. The Bertz CT molecular complexity index is 760. The van der Waals surface area contributed by atoms with Crippen LogP contribution in [0.4, 0.5) is 0 Å². The van der Waals surface area contributed by atoms with Crippen molar-refractivity contribution in [2.75, 3.05) is 39.3 Å². The molecule has 1 aromatic rings. The molecule has 0 atom stereocenters. The van der Waals surface area contributed by atoms with E-state index in [1.807, 2.05) is 13.8 Å². The van der Waals surface area contributed by atoms with Crippen molar-refractivity contribution >= 4 is 33.4 Å². The van der Waals surface area contributed by atoms with Crippen molar-refractivity contribution in [2.24, 2.45) is 0 Å². The van der Waals surface area contributed by atoms with Crippen LogP contribution in [0.25, 0.3) is 0 Å². The molecule has 1 aromatic carbocycles. The van der Waals surface area contributed by atoms with E-state index in [-0.39, 0.29) is 35.8 Å². The first kappa shape index (κ1) is 21.6. The zero-order chi connectivity index (χ0) is 20.0. The first-order valence-corrected chi connectivity index (χ1v) is 10.7. The number of nitrogens with zero attached hydrogens (tertiary/aromatic N) is 1. The van der Waals surface area contributed by atoms with Crippen LogP contribution in [0.3, 0.4) is 0 Å². The smallest absolute Gasteiger partial charge is 0.275 e. The van der Waals surface area contributed by atoms with Gasteiger partial charge in [-0.05, 0) is 38.1 Å². The van der Waals surface area contributed by atoms with Crippen LogP contribution < -0.4 is 15.5 Å². The summed E-state index contributed by atoms with van der Waals surface area (Å²) in [6.07, 6.45) is 0. The molecule has 0 spiro atoms. The van der Waals surface area contributed by atoms with Gasteiger partial charge in [0.25, 0.3) is 5.91 Å². The zero-order valence-corrected chi connectivity index (χ0v) is 17.1. The second kappa shape index (κ2) is 9.50. The number of quaternary nitrogens is 1. The van der Waals surface area contributed by atoms with Crippen molar-refractivity contribution in [2.45, 2.75) is 24.8 Å². The Hall–Kier alpha value is -1.68. The van der Waals surface area contributed by atoms with Crippen LogP contribution in [0.15, 0.2) is 29.2 Å². The van der Waals surface area contributed by atoms with Crippen LogP contribution in [0.5, 0.6) is 0 Å². The summed E-state index contributed by atoms with van der Waals surface area (Å²) in [4.78, 5) is 24.7. The third-order valence-electron chi connectivity index (χ3n) is 4.19. The van der Waals surface area contributed by atoms with Gasteiger partial charge in [0, 0.05) is 11.1 Å². The quantitative estimate of drug-likeness (QED) is 0.522. The molecule has 0 saturated carbocycles. The zero-order valence-electron chi connectivity index (χ0n) is 15.5. The monoisotopic (exact) mass is 417 g/mol. The number of piperazine rings is 1. The van der Waals surface area contributed by atoms with Crippen LogP contribution in [-0.2, 0) is 19.6 Å². The van der Waals surface area contributed by atoms with E-state index in [1.54, 1.807) is 12.1 Å². The molecule has 10 heteroatoms. The Balaban J connectivity index is 1.80. The summed E-state index contributed by atoms with van der Waals surface area (Å²) >= 11 is 5.81. The van der Waals surface area contributed by atoms with Gasteiger partial charge in [-0.15, -0.1) is 0 Å². The molecular formula is C17H26ClN4O4S+. The van der Waals surface area contributed by atoms with Crippen molar-refractivity contribution in [3.8, 4) is 0 Å². The van der Waals surface area contributed by atoms with Gasteiger partial charge in [-0.1, -0.05) is 11.6 Å². The molecule has 0 aromatic heterocycles. The lowest BCUT2D eigenvalue weighted by atomic mass is 10.3. The third-order valence-corrected chi connectivity index (χ3v) is 6.35. The molecule has 0 aliphatic carbocycles. The molecule has 1 aliphatic rings. The lowest BCUT2D eigenvalue weighted by molar-refractivity contribution is -0.895. The Morgan fingerprint density at radius 3 is 2.30 bits per heavy atom. The fraction of sp³-hybridized carbons (Fsp3) is 0.529. The number of rotatable bonds is 7. The normalized spacial score (nSPS) is 16.3. The van der Waals surface area contributed by atoms with E-state index in [2.05, 4.69) is 10.6 Å². The van der Waals surface area contributed by atoms with Gasteiger partial charge in [0.2, 0.25) is 15.9 Å². The van der Waals surface area contributed by atoms with E-state index >= 15 is 0 Å². The summed E-state index contributed by atoms with van der Waals surface area (Å²) in [6.45, 7) is 5.58. The van der Waals surface area contributed by atoms with Crippen molar-refractivity contribution in [3.05, 3.63) is 29.3 Å². The average molecular weight is 418 g/mol. The number of nitrogens with one attached hydrogen (secondary N) is 3. The molecule has 8 nitrogen and oxygen atoms in total. The number of amides is 2. The average Bonchev–Trinajstić information content (AvgIpc) is 2.60. The van der Waals surface area contributed by atoms with Crippen LogP contribution in [0.2, 0.25) is 5.02 Å². The maximum absolute atomic E-state index is 12.6.